The van der Waals surface area contributed by atoms with E-state index in [0.717, 1.165) is 65.0 Å². The minimum absolute atomic E-state index is 0.181. The first kappa shape index (κ1) is 25.3. The third-order valence-electron chi connectivity index (χ3n) is 8.78. The Kier molecular flexibility index (Phi) is 5.98. The summed E-state index contributed by atoms with van der Waals surface area (Å²) in [5.41, 5.74) is 3.79. The van der Waals surface area contributed by atoms with Crippen molar-refractivity contribution in [3.63, 3.8) is 0 Å². The second-order valence-corrected chi connectivity index (χ2v) is 12.6. The molecule has 4 bridgehead atoms. The predicted octanol–water partition coefficient (Wildman–Crippen LogP) is 5.54. The van der Waals surface area contributed by atoms with Crippen molar-refractivity contribution in [2.45, 2.75) is 56.2 Å². The van der Waals surface area contributed by atoms with Crippen molar-refractivity contribution < 1.29 is 9.84 Å². The van der Waals surface area contributed by atoms with Gasteiger partial charge in [-0.05, 0) is 96.1 Å². The van der Waals surface area contributed by atoms with Gasteiger partial charge in [0.2, 0.25) is 0 Å². The number of nitrogens with zero attached hydrogens (tertiary/aromatic N) is 5. The standard InChI is InChI=1S/C30H30BrN7O2/c1-40-22-6-5-20(23(8-22)24-3-2-4-26(31)35-24)15-33-25-9-27(37-38-21(14-32)16-34-28(25)38)36-29-10-18-7-19(11-29)13-30(39,12-18)17-29/h2-6,8-9,16,18-19,33,39H,7,10-13,15,17H2,1H3,(H,36,37). The predicted molar refractivity (Wildman–Crippen MR) is 155 cm³/mol. The van der Waals surface area contributed by atoms with Crippen LogP contribution < -0.4 is 15.4 Å². The molecule has 10 heteroatoms. The highest BCUT2D eigenvalue weighted by atomic mass is 79.9. The maximum absolute atomic E-state index is 11.3. The Morgan fingerprint density at radius 2 is 2.00 bits per heavy atom. The number of fused-ring (bicyclic) bond motifs is 1. The van der Waals surface area contributed by atoms with Crippen LogP contribution in [0.15, 0.2) is 53.3 Å². The van der Waals surface area contributed by atoms with Crippen LogP contribution in [0.4, 0.5) is 11.5 Å². The molecule has 8 rings (SSSR count). The van der Waals surface area contributed by atoms with E-state index in [4.69, 9.17) is 9.84 Å². The van der Waals surface area contributed by atoms with Crippen LogP contribution in [0, 0.1) is 23.2 Å². The summed E-state index contributed by atoms with van der Waals surface area (Å²) in [5, 5.41) is 33.1. The molecule has 1 aromatic carbocycles. The summed E-state index contributed by atoms with van der Waals surface area (Å²) >= 11 is 3.48. The first-order chi connectivity index (χ1) is 19.3. The van der Waals surface area contributed by atoms with Crippen molar-refractivity contribution in [2.24, 2.45) is 11.8 Å². The Morgan fingerprint density at radius 1 is 1.18 bits per heavy atom. The molecular formula is C30H30BrN7O2. The highest BCUT2D eigenvalue weighted by molar-refractivity contribution is 9.10. The Morgan fingerprint density at radius 3 is 2.73 bits per heavy atom. The zero-order valence-corrected chi connectivity index (χ0v) is 23.8. The van der Waals surface area contributed by atoms with Crippen molar-refractivity contribution in [1.29, 1.82) is 5.26 Å². The number of pyridine rings is 1. The van der Waals surface area contributed by atoms with E-state index in [1.807, 2.05) is 42.5 Å². The van der Waals surface area contributed by atoms with Gasteiger partial charge in [-0.1, -0.05) is 12.1 Å². The molecule has 0 spiro atoms. The lowest BCUT2D eigenvalue weighted by atomic mass is 9.51. The van der Waals surface area contributed by atoms with E-state index in [1.165, 1.54) is 6.42 Å². The quantitative estimate of drug-likeness (QED) is 0.237. The molecule has 9 nitrogen and oxygen atoms in total. The Bertz CT molecular complexity index is 1650. The zero-order chi connectivity index (χ0) is 27.5. The third kappa shape index (κ3) is 4.47. The minimum Gasteiger partial charge on any atom is -0.497 e. The summed E-state index contributed by atoms with van der Waals surface area (Å²) in [6, 6.07) is 16.0. The number of imidazole rings is 1. The number of nitrogens with one attached hydrogen (secondary N) is 2. The average Bonchev–Trinajstić information content (AvgIpc) is 3.33. The van der Waals surface area contributed by atoms with Crippen molar-refractivity contribution in [1.82, 2.24) is 19.6 Å². The summed E-state index contributed by atoms with van der Waals surface area (Å²) in [5.74, 6) is 2.52. The van der Waals surface area contributed by atoms with E-state index in [9.17, 15) is 10.4 Å². The Hall–Kier alpha value is -3.68. The van der Waals surface area contributed by atoms with Gasteiger partial charge in [-0.25, -0.2) is 9.97 Å². The van der Waals surface area contributed by atoms with Crippen LogP contribution in [-0.4, -0.2) is 42.9 Å². The maximum Gasteiger partial charge on any atom is 0.178 e. The summed E-state index contributed by atoms with van der Waals surface area (Å²) < 4.78 is 7.86. The topological polar surface area (TPSA) is 120 Å². The Balaban J connectivity index is 1.23. The fourth-order valence-corrected chi connectivity index (χ4v) is 8.04. The lowest BCUT2D eigenvalue weighted by Gasteiger charge is -2.60. The second-order valence-electron chi connectivity index (χ2n) is 11.7. The molecule has 3 aromatic heterocycles. The van der Waals surface area contributed by atoms with Gasteiger partial charge in [0.1, 0.15) is 22.2 Å². The molecule has 2 unspecified atom stereocenters. The molecule has 4 fully saturated rings. The first-order valence-corrected chi connectivity index (χ1v) is 14.5. The molecule has 0 aliphatic heterocycles. The van der Waals surface area contributed by atoms with E-state index < -0.39 is 5.60 Å². The van der Waals surface area contributed by atoms with E-state index in [0.29, 0.717) is 35.5 Å². The molecule has 40 heavy (non-hydrogen) atoms. The number of halogens is 1. The monoisotopic (exact) mass is 599 g/mol. The van der Waals surface area contributed by atoms with Gasteiger partial charge >= 0.3 is 0 Å². The molecular weight excluding hydrogens is 570 g/mol. The number of hydrogen-bond donors (Lipinski definition) is 3. The van der Waals surface area contributed by atoms with Gasteiger partial charge in [0.15, 0.2) is 11.3 Å². The number of aromatic nitrogens is 4. The average molecular weight is 601 g/mol. The summed E-state index contributed by atoms with van der Waals surface area (Å²) in [4.78, 5) is 9.17. The van der Waals surface area contributed by atoms with Crippen molar-refractivity contribution in [3.05, 3.63) is 64.5 Å². The number of ether oxygens (including phenoxy) is 1. The molecule has 0 radical (unpaired) electrons. The van der Waals surface area contributed by atoms with E-state index >= 15 is 0 Å². The SMILES string of the molecule is COc1ccc(CNc2cc(NC34CC5CC(CC(O)(C5)C3)C4)nn3c(C#N)cnc23)c(-c2cccc(Br)n2)c1. The molecule has 4 aliphatic carbocycles. The van der Waals surface area contributed by atoms with Crippen LogP contribution in [0.1, 0.15) is 49.8 Å². The highest BCUT2D eigenvalue weighted by Crippen LogP contribution is 2.58. The second kappa shape index (κ2) is 9.46. The summed E-state index contributed by atoms with van der Waals surface area (Å²) in [6.45, 7) is 0.496. The number of benzene rings is 1. The van der Waals surface area contributed by atoms with E-state index in [-0.39, 0.29) is 5.54 Å². The Labute approximate surface area is 240 Å². The number of aliphatic hydroxyl groups is 1. The number of nitriles is 1. The van der Waals surface area contributed by atoms with Gasteiger partial charge in [-0.2, -0.15) is 9.78 Å². The summed E-state index contributed by atoms with van der Waals surface area (Å²) in [6.07, 6.45) is 7.39. The lowest BCUT2D eigenvalue weighted by Crippen LogP contribution is -2.62. The normalized spacial score (nSPS) is 26.6. The van der Waals surface area contributed by atoms with Gasteiger partial charge in [0.05, 0.1) is 30.3 Å². The van der Waals surface area contributed by atoms with E-state index in [1.54, 1.807) is 17.8 Å². The summed E-state index contributed by atoms with van der Waals surface area (Å²) in [7, 11) is 1.65. The van der Waals surface area contributed by atoms with Crippen molar-refractivity contribution >= 4 is 33.1 Å². The van der Waals surface area contributed by atoms with E-state index in [2.05, 4.69) is 42.6 Å². The molecule has 3 heterocycles. The van der Waals surface area contributed by atoms with Crippen LogP contribution in [-0.2, 0) is 6.54 Å². The molecule has 4 aliphatic rings. The maximum atomic E-state index is 11.3. The van der Waals surface area contributed by atoms with Crippen LogP contribution >= 0.6 is 15.9 Å². The van der Waals surface area contributed by atoms with Gasteiger partial charge in [-0.3, -0.25) is 0 Å². The fraction of sp³-hybridized carbons (Fsp3) is 0.400. The molecule has 4 saturated carbocycles. The van der Waals surface area contributed by atoms with Crippen molar-refractivity contribution in [2.75, 3.05) is 17.7 Å². The van der Waals surface area contributed by atoms with Crippen LogP contribution in [0.25, 0.3) is 16.9 Å². The minimum atomic E-state index is -0.583. The number of rotatable bonds is 7. The van der Waals surface area contributed by atoms with Crippen LogP contribution in [0.2, 0.25) is 0 Å². The van der Waals surface area contributed by atoms with Gasteiger partial charge in [0, 0.05) is 23.7 Å². The molecule has 3 N–H and O–H groups in total. The van der Waals surface area contributed by atoms with Gasteiger partial charge in [-0.15, -0.1) is 5.10 Å². The molecule has 4 aromatic rings. The highest BCUT2D eigenvalue weighted by Gasteiger charge is 2.57. The third-order valence-corrected chi connectivity index (χ3v) is 9.22. The van der Waals surface area contributed by atoms with Gasteiger partial charge in [0.25, 0.3) is 0 Å². The number of anilines is 2. The molecule has 0 saturated heterocycles. The van der Waals surface area contributed by atoms with Crippen molar-refractivity contribution in [3.8, 4) is 23.1 Å². The van der Waals surface area contributed by atoms with Gasteiger partial charge < -0.3 is 20.5 Å². The zero-order valence-electron chi connectivity index (χ0n) is 22.2. The number of hydrogen-bond acceptors (Lipinski definition) is 8. The number of methoxy groups -OCH3 is 1. The van der Waals surface area contributed by atoms with Crippen LogP contribution in [0.3, 0.4) is 0 Å². The molecule has 204 valence electrons. The lowest BCUT2D eigenvalue weighted by molar-refractivity contribution is -0.127. The van der Waals surface area contributed by atoms with Crippen LogP contribution in [0.5, 0.6) is 5.75 Å². The molecule has 2 atom stereocenters. The molecule has 0 amide bonds. The fourth-order valence-electron chi connectivity index (χ4n) is 7.69. The smallest absolute Gasteiger partial charge is 0.178 e. The first-order valence-electron chi connectivity index (χ1n) is 13.7. The largest absolute Gasteiger partial charge is 0.497 e.